The number of likely N-dealkylation sites (N-methyl/N-ethyl adjacent to an activating group) is 1. The lowest BCUT2D eigenvalue weighted by molar-refractivity contribution is -0.148. The summed E-state index contributed by atoms with van der Waals surface area (Å²) < 4.78 is 14.9. The second-order valence-electron chi connectivity index (χ2n) is 8.65. The number of nitrogens with zero attached hydrogens (tertiary/aromatic N) is 7. The fourth-order valence-electron chi connectivity index (χ4n) is 4.81. The van der Waals surface area contributed by atoms with Crippen LogP contribution in [0.2, 0.25) is 0 Å². The maximum atomic E-state index is 13.5. The number of aromatic nitrogens is 4. The molecule has 3 aromatic rings. The van der Waals surface area contributed by atoms with Crippen molar-refractivity contribution in [3.05, 3.63) is 71.4 Å². The summed E-state index contributed by atoms with van der Waals surface area (Å²) in [6, 6.07) is 6.67. The van der Waals surface area contributed by atoms with Crippen LogP contribution >= 0.6 is 0 Å². The van der Waals surface area contributed by atoms with Gasteiger partial charge in [0.25, 0.3) is 23.5 Å². The monoisotopic (exact) mass is 494 g/mol. The van der Waals surface area contributed by atoms with E-state index < -0.39 is 41.5 Å². The highest BCUT2D eigenvalue weighted by atomic mass is 19.1. The summed E-state index contributed by atoms with van der Waals surface area (Å²) in [7, 11) is 1.57. The van der Waals surface area contributed by atoms with Gasteiger partial charge in [-0.25, -0.2) is 13.9 Å². The number of fused-ring (bicyclic) bond motifs is 2. The second kappa shape index (κ2) is 8.91. The van der Waals surface area contributed by atoms with Gasteiger partial charge >= 0.3 is 0 Å². The van der Waals surface area contributed by atoms with Crippen LogP contribution in [0.3, 0.4) is 0 Å². The molecule has 0 bridgehead atoms. The first-order valence-corrected chi connectivity index (χ1v) is 11.3. The quantitative estimate of drug-likeness (QED) is 0.518. The van der Waals surface area contributed by atoms with E-state index >= 15 is 0 Å². The zero-order valence-electron chi connectivity index (χ0n) is 19.3. The summed E-state index contributed by atoms with van der Waals surface area (Å²) in [4.78, 5) is 51.4. The van der Waals surface area contributed by atoms with Crippen molar-refractivity contribution in [3.63, 3.8) is 0 Å². The Balaban J connectivity index is 1.54. The molecule has 2 aliphatic rings. The molecule has 0 saturated carbocycles. The topological polar surface area (TPSA) is 150 Å². The van der Waals surface area contributed by atoms with E-state index in [1.165, 1.54) is 49.7 Å². The van der Waals surface area contributed by atoms with E-state index in [0.29, 0.717) is 24.9 Å². The molecule has 2 unspecified atom stereocenters. The van der Waals surface area contributed by atoms with Crippen molar-refractivity contribution < 1.29 is 23.9 Å². The van der Waals surface area contributed by atoms with Gasteiger partial charge in [0, 0.05) is 32.5 Å². The lowest BCUT2D eigenvalue weighted by Crippen LogP contribution is -2.67. The van der Waals surface area contributed by atoms with Gasteiger partial charge in [-0.05, 0) is 36.6 Å². The van der Waals surface area contributed by atoms with Crippen LogP contribution in [-0.2, 0) is 16.1 Å². The molecule has 4 heterocycles. The van der Waals surface area contributed by atoms with Gasteiger partial charge < -0.3 is 25.5 Å². The summed E-state index contributed by atoms with van der Waals surface area (Å²) in [6.07, 6.45) is 3.37. The molecular weight excluding hydrogens is 471 g/mol. The van der Waals surface area contributed by atoms with E-state index in [9.17, 15) is 23.9 Å². The van der Waals surface area contributed by atoms with Gasteiger partial charge in [-0.3, -0.25) is 14.4 Å². The number of amides is 3. The lowest BCUT2D eigenvalue weighted by Gasteiger charge is -2.52. The molecule has 0 spiro atoms. The van der Waals surface area contributed by atoms with Gasteiger partial charge in [0.15, 0.2) is 5.70 Å². The molecule has 13 heteroatoms. The first-order valence-electron chi connectivity index (χ1n) is 11.3. The standard InChI is InChI=1S/C23H23FN8O4/c1-29(22(36)19-27-23-26-9-3-11-32(23)28-19)15-4-2-10-30-20(15)31(12-13-5-7-14(24)8-6-13)16(18(25)34)17(33)21(30)35/h3,5-9,11,15,20,33H,2,4,10,12H2,1H3,(H2,25,34). The number of carbonyl (C=O) groups is 3. The first-order chi connectivity index (χ1) is 17.3. The van der Waals surface area contributed by atoms with Gasteiger partial charge in [0.05, 0.1) is 6.04 Å². The van der Waals surface area contributed by atoms with Crippen molar-refractivity contribution in [3.8, 4) is 0 Å². The van der Waals surface area contributed by atoms with Gasteiger partial charge in [0.2, 0.25) is 11.6 Å². The third kappa shape index (κ3) is 3.87. The Bertz CT molecular complexity index is 1360. The second-order valence-corrected chi connectivity index (χ2v) is 8.65. The highest BCUT2D eigenvalue weighted by Crippen LogP contribution is 2.34. The highest BCUT2D eigenvalue weighted by Gasteiger charge is 2.49. The smallest absolute Gasteiger partial charge is 0.293 e. The number of carbonyl (C=O) groups excluding carboxylic acids is 3. The first kappa shape index (κ1) is 23.2. The lowest BCUT2D eigenvalue weighted by atomic mass is 9.95. The number of piperidine rings is 1. The number of aliphatic hydroxyl groups is 1. The predicted octanol–water partition coefficient (Wildman–Crippen LogP) is 0.423. The molecule has 0 radical (unpaired) electrons. The summed E-state index contributed by atoms with van der Waals surface area (Å²) >= 11 is 0. The summed E-state index contributed by atoms with van der Waals surface area (Å²) in [6.45, 7) is 0.334. The van der Waals surface area contributed by atoms with Crippen LogP contribution in [0.15, 0.2) is 54.2 Å². The minimum Gasteiger partial charge on any atom is -0.501 e. The van der Waals surface area contributed by atoms with Crippen LogP contribution in [0.25, 0.3) is 5.78 Å². The van der Waals surface area contributed by atoms with Crippen molar-refractivity contribution in [1.29, 1.82) is 0 Å². The molecule has 3 amide bonds. The fourth-order valence-corrected chi connectivity index (χ4v) is 4.81. The van der Waals surface area contributed by atoms with E-state index in [0.717, 1.165) is 0 Å². The van der Waals surface area contributed by atoms with E-state index in [2.05, 4.69) is 15.1 Å². The Hall–Kier alpha value is -4.55. The SMILES string of the molecule is CN(C(=O)c1nc2ncccn2n1)C1CCCN2C(=O)C(O)=C(C(N)=O)N(Cc3ccc(F)cc3)C12. The zero-order chi connectivity index (χ0) is 25.6. The Morgan fingerprint density at radius 1 is 1.28 bits per heavy atom. The minimum atomic E-state index is -0.992. The maximum Gasteiger partial charge on any atom is 0.293 e. The van der Waals surface area contributed by atoms with Crippen molar-refractivity contribution in [2.24, 2.45) is 5.73 Å². The molecule has 1 fully saturated rings. The van der Waals surface area contributed by atoms with Gasteiger partial charge in [-0.1, -0.05) is 12.1 Å². The normalized spacial score (nSPS) is 20.0. The Labute approximate surface area is 204 Å². The van der Waals surface area contributed by atoms with Crippen molar-refractivity contribution in [1.82, 2.24) is 34.3 Å². The average molecular weight is 494 g/mol. The van der Waals surface area contributed by atoms with Crippen molar-refractivity contribution >= 4 is 23.5 Å². The average Bonchev–Trinajstić information content (AvgIpc) is 3.31. The van der Waals surface area contributed by atoms with E-state index in [-0.39, 0.29) is 23.8 Å². The molecule has 2 aromatic heterocycles. The third-order valence-corrected chi connectivity index (χ3v) is 6.48. The van der Waals surface area contributed by atoms with E-state index in [4.69, 9.17) is 5.73 Å². The summed E-state index contributed by atoms with van der Waals surface area (Å²) in [5.41, 5.74) is 5.85. The van der Waals surface area contributed by atoms with Crippen LogP contribution < -0.4 is 5.73 Å². The number of aliphatic hydroxyl groups excluding tert-OH is 1. The van der Waals surface area contributed by atoms with Crippen LogP contribution in [0.1, 0.15) is 29.0 Å². The Morgan fingerprint density at radius 3 is 2.72 bits per heavy atom. The largest absolute Gasteiger partial charge is 0.501 e. The van der Waals surface area contributed by atoms with Crippen LogP contribution in [0.5, 0.6) is 0 Å². The maximum absolute atomic E-state index is 13.5. The summed E-state index contributed by atoms with van der Waals surface area (Å²) in [5.74, 6) is -3.25. The molecule has 186 valence electrons. The fraction of sp³-hybridized carbons (Fsp3) is 0.304. The number of hydrogen-bond acceptors (Lipinski definition) is 8. The van der Waals surface area contributed by atoms with Crippen molar-refractivity contribution in [2.45, 2.75) is 31.6 Å². The predicted molar refractivity (Wildman–Crippen MR) is 122 cm³/mol. The van der Waals surface area contributed by atoms with Crippen LogP contribution in [0, 0.1) is 5.82 Å². The van der Waals surface area contributed by atoms with E-state index in [1.807, 2.05) is 0 Å². The molecule has 12 nitrogen and oxygen atoms in total. The number of benzene rings is 1. The Kier molecular flexibility index (Phi) is 5.74. The van der Waals surface area contributed by atoms with E-state index in [1.54, 1.807) is 19.3 Å². The summed E-state index contributed by atoms with van der Waals surface area (Å²) in [5, 5.41) is 14.8. The molecule has 2 aliphatic heterocycles. The molecule has 1 saturated heterocycles. The van der Waals surface area contributed by atoms with Crippen molar-refractivity contribution in [2.75, 3.05) is 13.6 Å². The molecule has 3 N–H and O–H groups in total. The van der Waals surface area contributed by atoms with Gasteiger partial charge in [-0.15, -0.1) is 5.10 Å². The Morgan fingerprint density at radius 2 is 2.03 bits per heavy atom. The number of primary amides is 1. The molecule has 5 rings (SSSR count). The molecule has 2 atom stereocenters. The number of halogens is 1. The van der Waals surface area contributed by atoms with Crippen LogP contribution in [-0.4, -0.2) is 82.9 Å². The van der Waals surface area contributed by atoms with Gasteiger partial charge in [0.1, 0.15) is 12.0 Å². The minimum absolute atomic E-state index is 0.0339. The number of hydrogen-bond donors (Lipinski definition) is 2. The highest BCUT2D eigenvalue weighted by molar-refractivity contribution is 6.03. The molecular formula is C23H23FN8O4. The number of rotatable bonds is 5. The number of nitrogens with two attached hydrogens (primary N) is 1. The van der Waals surface area contributed by atoms with Gasteiger partial charge in [-0.2, -0.15) is 4.98 Å². The molecule has 0 aliphatic carbocycles. The third-order valence-electron chi connectivity index (χ3n) is 6.48. The van der Waals surface area contributed by atoms with Crippen LogP contribution in [0.4, 0.5) is 4.39 Å². The molecule has 1 aromatic carbocycles. The molecule has 36 heavy (non-hydrogen) atoms. The zero-order valence-corrected chi connectivity index (χ0v) is 19.3.